The highest BCUT2D eigenvalue weighted by molar-refractivity contribution is 5.98. The van der Waals surface area contributed by atoms with Crippen molar-refractivity contribution in [2.45, 2.75) is 31.6 Å². The summed E-state index contributed by atoms with van der Waals surface area (Å²) in [5.74, 6) is -0.917. The van der Waals surface area contributed by atoms with Crippen LogP contribution in [0.15, 0.2) is 18.2 Å². The summed E-state index contributed by atoms with van der Waals surface area (Å²) in [6, 6.07) is 5.85. The van der Waals surface area contributed by atoms with Crippen LogP contribution < -0.4 is 4.74 Å². The molecule has 0 bridgehead atoms. The van der Waals surface area contributed by atoms with Crippen LogP contribution >= 0.6 is 0 Å². The van der Waals surface area contributed by atoms with Crippen LogP contribution in [0.1, 0.15) is 31.9 Å². The summed E-state index contributed by atoms with van der Waals surface area (Å²) < 4.78 is 15.7. The summed E-state index contributed by atoms with van der Waals surface area (Å²) in [5.41, 5.74) is 0.772. The molecule has 23 heavy (non-hydrogen) atoms. The van der Waals surface area contributed by atoms with Gasteiger partial charge in [-0.15, -0.1) is 0 Å². The number of fused-ring (bicyclic) bond motifs is 3. The van der Waals surface area contributed by atoms with Gasteiger partial charge in [0.1, 0.15) is 11.2 Å². The first-order valence-electron chi connectivity index (χ1n) is 7.72. The molecule has 0 spiro atoms. The molecule has 2 aliphatic rings. The summed E-state index contributed by atoms with van der Waals surface area (Å²) in [7, 11) is 2.69. The maximum atomic E-state index is 12.6. The van der Waals surface area contributed by atoms with Crippen molar-refractivity contribution in [2.24, 2.45) is 11.8 Å². The van der Waals surface area contributed by atoms with Crippen LogP contribution in [0.4, 0.5) is 0 Å². The van der Waals surface area contributed by atoms with Crippen LogP contribution in [-0.2, 0) is 29.9 Å². The fraction of sp³-hybridized carbons (Fsp3) is 0.556. The van der Waals surface area contributed by atoms with E-state index in [0.29, 0.717) is 12.4 Å². The predicted octanol–water partition coefficient (Wildman–Crippen LogP) is 2.21. The van der Waals surface area contributed by atoms with E-state index in [1.807, 2.05) is 18.2 Å². The first kappa shape index (κ1) is 15.8. The average molecular weight is 318 g/mol. The van der Waals surface area contributed by atoms with Gasteiger partial charge in [0.05, 0.1) is 26.7 Å². The number of ether oxygens (including phenoxy) is 3. The van der Waals surface area contributed by atoms with Gasteiger partial charge in [-0.25, -0.2) is 0 Å². The zero-order valence-electron chi connectivity index (χ0n) is 14.1. The normalized spacial score (nSPS) is 28.0. The smallest absolute Gasteiger partial charge is 0.317 e. The van der Waals surface area contributed by atoms with Gasteiger partial charge in [0.15, 0.2) is 0 Å². The molecule has 1 aliphatic carbocycles. The van der Waals surface area contributed by atoms with E-state index in [2.05, 4.69) is 20.8 Å². The highest BCUT2D eigenvalue weighted by Gasteiger charge is 2.77. The third kappa shape index (κ3) is 2.06. The van der Waals surface area contributed by atoms with Crippen LogP contribution in [0.25, 0.3) is 0 Å². The molecule has 5 nitrogen and oxygen atoms in total. The van der Waals surface area contributed by atoms with Crippen LogP contribution in [0.2, 0.25) is 0 Å². The summed E-state index contributed by atoms with van der Waals surface area (Å²) in [6.07, 6.45) is 0. The second-order valence-corrected chi connectivity index (χ2v) is 7.24. The molecule has 0 amide bonds. The molecule has 3 atom stereocenters. The summed E-state index contributed by atoms with van der Waals surface area (Å²) in [5, 5.41) is 0. The zero-order chi connectivity index (χ0) is 17.0. The quantitative estimate of drug-likeness (QED) is 0.782. The van der Waals surface area contributed by atoms with Crippen LogP contribution in [-0.4, -0.2) is 32.8 Å². The maximum absolute atomic E-state index is 12.6. The minimum Gasteiger partial charge on any atom is -0.493 e. The van der Waals surface area contributed by atoms with Crippen molar-refractivity contribution in [2.75, 3.05) is 20.8 Å². The molecule has 0 unspecified atom stereocenters. The molecule has 1 aliphatic heterocycles. The number of carbonyl (C=O) groups is 2. The fourth-order valence-electron chi connectivity index (χ4n) is 3.71. The maximum Gasteiger partial charge on any atom is 0.317 e. The Labute approximate surface area is 135 Å². The van der Waals surface area contributed by atoms with Crippen molar-refractivity contribution in [3.8, 4) is 5.75 Å². The van der Waals surface area contributed by atoms with Crippen molar-refractivity contribution in [1.82, 2.24) is 0 Å². The Morgan fingerprint density at radius 1 is 1.22 bits per heavy atom. The van der Waals surface area contributed by atoms with Crippen molar-refractivity contribution in [1.29, 1.82) is 0 Å². The molecule has 1 fully saturated rings. The van der Waals surface area contributed by atoms with E-state index < -0.39 is 23.3 Å². The minimum absolute atomic E-state index is 0.0745. The van der Waals surface area contributed by atoms with Gasteiger partial charge < -0.3 is 14.2 Å². The lowest BCUT2D eigenvalue weighted by molar-refractivity contribution is -0.149. The van der Waals surface area contributed by atoms with E-state index in [9.17, 15) is 9.59 Å². The molecule has 3 rings (SSSR count). The van der Waals surface area contributed by atoms with Gasteiger partial charge >= 0.3 is 11.9 Å². The van der Waals surface area contributed by atoms with E-state index in [0.717, 1.165) is 11.1 Å². The number of hydrogen-bond donors (Lipinski definition) is 0. The second kappa shape index (κ2) is 4.98. The molecule has 0 saturated heterocycles. The number of hydrogen-bond acceptors (Lipinski definition) is 5. The van der Waals surface area contributed by atoms with Gasteiger partial charge in [-0.3, -0.25) is 9.59 Å². The number of benzene rings is 1. The molecule has 5 heteroatoms. The lowest BCUT2D eigenvalue weighted by Crippen LogP contribution is -2.32. The van der Waals surface area contributed by atoms with Crippen LogP contribution in [0.3, 0.4) is 0 Å². The van der Waals surface area contributed by atoms with E-state index in [-0.39, 0.29) is 11.3 Å². The molecule has 1 aromatic rings. The van der Waals surface area contributed by atoms with Gasteiger partial charge in [0.2, 0.25) is 0 Å². The Kier molecular flexibility index (Phi) is 3.43. The SMILES string of the molecule is COC(=O)[C@H]1[C@@H]2COc3ccc(C(C)(C)C)cc3[C@@]21C(=O)OC. The number of carbonyl (C=O) groups excluding carboxylic acids is 2. The molecule has 1 heterocycles. The summed E-state index contributed by atoms with van der Waals surface area (Å²) in [4.78, 5) is 24.8. The largest absolute Gasteiger partial charge is 0.493 e. The minimum atomic E-state index is -0.976. The molecule has 0 N–H and O–H groups in total. The average Bonchev–Trinajstić information content (AvgIpc) is 3.22. The van der Waals surface area contributed by atoms with Gasteiger partial charge in [-0.05, 0) is 17.0 Å². The van der Waals surface area contributed by atoms with E-state index in [4.69, 9.17) is 14.2 Å². The molecule has 0 radical (unpaired) electrons. The Morgan fingerprint density at radius 2 is 1.91 bits per heavy atom. The summed E-state index contributed by atoms with van der Waals surface area (Å²) >= 11 is 0. The number of rotatable bonds is 2. The van der Waals surface area contributed by atoms with Gasteiger partial charge in [0, 0.05) is 11.5 Å². The first-order chi connectivity index (χ1) is 10.8. The lowest BCUT2D eigenvalue weighted by atomic mass is 9.81. The van der Waals surface area contributed by atoms with Gasteiger partial charge in [-0.1, -0.05) is 32.9 Å². The first-order valence-corrected chi connectivity index (χ1v) is 7.72. The van der Waals surface area contributed by atoms with Crippen molar-refractivity contribution >= 4 is 11.9 Å². The summed E-state index contributed by atoms with van der Waals surface area (Å²) in [6.45, 7) is 6.62. The highest BCUT2D eigenvalue weighted by atomic mass is 16.5. The monoisotopic (exact) mass is 318 g/mol. The Balaban J connectivity index is 2.17. The van der Waals surface area contributed by atoms with E-state index in [1.54, 1.807) is 0 Å². The third-order valence-corrected chi connectivity index (χ3v) is 5.06. The lowest BCUT2D eigenvalue weighted by Gasteiger charge is -2.27. The molecular formula is C18H22O5. The molecule has 0 aromatic heterocycles. The molecule has 1 aromatic carbocycles. The Hall–Kier alpha value is -2.04. The van der Waals surface area contributed by atoms with Crippen molar-refractivity contribution < 1.29 is 23.8 Å². The van der Waals surface area contributed by atoms with E-state index >= 15 is 0 Å². The zero-order valence-corrected chi connectivity index (χ0v) is 14.1. The van der Waals surface area contributed by atoms with Gasteiger partial charge in [0.25, 0.3) is 0 Å². The Bertz CT molecular complexity index is 672. The fourth-order valence-corrected chi connectivity index (χ4v) is 3.71. The number of esters is 2. The topological polar surface area (TPSA) is 61.8 Å². The van der Waals surface area contributed by atoms with Crippen molar-refractivity contribution in [3.05, 3.63) is 29.3 Å². The van der Waals surface area contributed by atoms with Crippen molar-refractivity contribution in [3.63, 3.8) is 0 Å². The molecular weight excluding hydrogens is 296 g/mol. The molecule has 124 valence electrons. The third-order valence-electron chi connectivity index (χ3n) is 5.06. The van der Waals surface area contributed by atoms with Crippen LogP contribution in [0.5, 0.6) is 5.75 Å². The highest BCUT2D eigenvalue weighted by Crippen LogP contribution is 2.65. The molecule has 1 saturated carbocycles. The second-order valence-electron chi connectivity index (χ2n) is 7.24. The standard InChI is InChI=1S/C18H22O5/c1-17(2,3)10-6-7-13-11(8-10)18(16(20)22-5)12(9-23-13)14(18)15(19)21-4/h6-8,12,14H,9H2,1-5H3/t12-,14+,18+/m0/s1. The Morgan fingerprint density at radius 3 is 2.48 bits per heavy atom. The van der Waals surface area contributed by atoms with Crippen LogP contribution in [0, 0.1) is 11.8 Å². The van der Waals surface area contributed by atoms with E-state index in [1.165, 1.54) is 14.2 Å². The van der Waals surface area contributed by atoms with Gasteiger partial charge in [-0.2, -0.15) is 0 Å². The number of methoxy groups -OCH3 is 2. The predicted molar refractivity (Wildman–Crippen MR) is 83.3 cm³/mol.